The summed E-state index contributed by atoms with van der Waals surface area (Å²) in [6, 6.07) is 18.5. The van der Waals surface area contributed by atoms with Crippen LogP contribution in [-0.2, 0) is 14.8 Å². The molecule has 1 amide bonds. The molecule has 0 atom stereocenters. The summed E-state index contributed by atoms with van der Waals surface area (Å²) in [6.45, 7) is 2.93. The second kappa shape index (κ2) is 10.9. The predicted molar refractivity (Wildman–Crippen MR) is 151 cm³/mol. The Hall–Kier alpha value is -3.18. The molecule has 0 spiro atoms. The summed E-state index contributed by atoms with van der Waals surface area (Å²) in [5, 5.41) is 4.12. The fourth-order valence-electron chi connectivity index (χ4n) is 4.27. The van der Waals surface area contributed by atoms with Crippen LogP contribution in [0.1, 0.15) is 18.4 Å². The minimum Gasteiger partial charge on any atom is -0.325 e. The van der Waals surface area contributed by atoms with Gasteiger partial charge >= 0.3 is 0 Å². The average Bonchev–Trinajstić information content (AvgIpc) is 3.46. The maximum absolute atomic E-state index is 13.4. The van der Waals surface area contributed by atoms with Crippen LogP contribution in [0.2, 0.25) is 5.02 Å². The van der Waals surface area contributed by atoms with Crippen LogP contribution < -0.4 is 10.9 Å². The van der Waals surface area contributed by atoms with Crippen molar-refractivity contribution < 1.29 is 13.2 Å². The lowest BCUT2D eigenvalue weighted by Gasteiger charge is -2.16. The topological polar surface area (TPSA) is 101 Å². The highest BCUT2D eigenvalue weighted by Gasteiger charge is 2.27. The molecule has 0 saturated carbocycles. The molecule has 2 heterocycles. The number of fused-ring (bicyclic) bond motifs is 1. The first-order valence-corrected chi connectivity index (χ1v) is 14.9. The van der Waals surface area contributed by atoms with Crippen LogP contribution in [0.25, 0.3) is 16.6 Å². The summed E-state index contributed by atoms with van der Waals surface area (Å²) in [5.41, 5.74) is 2.19. The van der Waals surface area contributed by atoms with Crippen molar-refractivity contribution in [3.8, 4) is 5.69 Å². The number of anilines is 1. The predicted octanol–water partition coefficient (Wildman–Crippen LogP) is 4.86. The number of aryl methyl sites for hydroxylation is 1. The first kappa shape index (κ1) is 26.4. The summed E-state index contributed by atoms with van der Waals surface area (Å²) in [7, 11) is -3.52. The Morgan fingerprint density at radius 2 is 1.76 bits per heavy atom. The van der Waals surface area contributed by atoms with E-state index in [-0.39, 0.29) is 22.1 Å². The summed E-state index contributed by atoms with van der Waals surface area (Å²) >= 11 is 7.46. The van der Waals surface area contributed by atoms with E-state index < -0.39 is 10.0 Å². The van der Waals surface area contributed by atoms with Crippen LogP contribution in [0, 0.1) is 6.92 Å². The lowest BCUT2D eigenvalue weighted by atomic mass is 10.2. The van der Waals surface area contributed by atoms with Gasteiger partial charge in [-0.15, -0.1) is 0 Å². The van der Waals surface area contributed by atoms with Gasteiger partial charge in [0.25, 0.3) is 5.56 Å². The van der Waals surface area contributed by atoms with Gasteiger partial charge in [0.15, 0.2) is 5.16 Å². The lowest BCUT2D eigenvalue weighted by Crippen LogP contribution is -2.27. The van der Waals surface area contributed by atoms with E-state index in [1.807, 2.05) is 13.0 Å². The molecule has 0 bridgehead atoms. The van der Waals surface area contributed by atoms with Gasteiger partial charge in [-0.2, -0.15) is 4.31 Å². The Kier molecular flexibility index (Phi) is 7.58. The van der Waals surface area contributed by atoms with Crippen molar-refractivity contribution in [3.05, 3.63) is 87.7 Å². The fraction of sp³-hybridized carbons (Fsp3) is 0.222. The highest BCUT2D eigenvalue weighted by Crippen LogP contribution is 2.26. The number of aromatic nitrogens is 2. The molecule has 11 heteroatoms. The quantitative estimate of drug-likeness (QED) is 0.252. The number of halogens is 1. The third kappa shape index (κ3) is 5.35. The normalized spacial score (nSPS) is 14.2. The molecule has 1 aromatic heterocycles. The van der Waals surface area contributed by atoms with Crippen molar-refractivity contribution in [1.82, 2.24) is 13.9 Å². The second-order valence-corrected chi connectivity index (χ2v) is 12.2. The van der Waals surface area contributed by atoms with Gasteiger partial charge in [0.2, 0.25) is 15.9 Å². The van der Waals surface area contributed by atoms with Crippen molar-refractivity contribution in [3.63, 3.8) is 0 Å². The first-order chi connectivity index (χ1) is 18.2. The third-order valence-electron chi connectivity index (χ3n) is 6.33. The zero-order valence-electron chi connectivity index (χ0n) is 20.6. The second-order valence-electron chi connectivity index (χ2n) is 8.96. The van der Waals surface area contributed by atoms with E-state index in [1.165, 1.54) is 21.0 Å². The lowest BCUT2D eigenvalue weighted by molar-refractivity contribution is -0.113. The van der Waals surface area contributed by atoms with Gasteiger partial charge in [-0.05, 0) is 73.9 Å². The van der Waals surface area contributed by atoms with E-state index >= 15 is 0 Å². The minimum atomic E-state index is -3.52. The minimum absolute atomic E-state index is 0.0157. The number of benzene rings is 3. The van der Waals surface area contributed by atoms with Crippen LogP contribution in [0.3, 0.4) is 0 Å². The highest BCUT2D eigenvalue weighted by molar-refractivity contribution is 7.99. The molecule has 1 N–H and O–H groups in total. The van der Waals surface area contributed by atoms with Gasteiger partial charge in [-0.1, -0.05) is 41.6 Å². The van der Waals surface area contributed by atoms with E-state index in [9.17, 15) is 18.0 Å². The van der Waals surface area contributed by atoms with Gasteiger partial charge in [0.05, 0.1) is 27.2 Å². The number of carbonyl (C=O) groups excluding carboxylic acids is 1. The molecule has 3 aromatic carbocycles. The van der Waals surface area contributed by atoms with E-state index in [1.54, 1.807) is 48.5 Å². The molecule has 1 aliphatic heterocycles. The molecule has 196 valence electrons. The number of hydrogen-bond acceptors (Lipinski definition) is 6. The molecule has 0 radical (unpaired) electrons. The van der Waals surface area contributed by atoms with E-state index in [0.717, 1.165) is 30.2 Å². The molecule has 0 unspecified atom stereocenters. The standard InChI is InChI=1S/C27H25ClN4O4S2/c1-18-8-11-20(16-23(18)28)32-26(34)22-6-2-3-7-24(22)30-27(32)37-17-25(33)29-19-9-12-21(13-10-19)38(35,36)31-14-4-5-15-31/h2-3,6-13,16H,4-5,14-15,17H2,1H3,(H,29,33). The van der Waals surface area contributed by atoms with Crippen molar-refractivity contribution in [2.75, 3.05) is 24.2 Å². The van der Waals surface area contributed by atoms with Crippen LogP contribution in [0.15, 0.2) is 81.6 Å². The number of nitrogens with one attached hydrogen (secondary N) is 1. The summed E-state index contributed by atoms with van der Waals surface area (Å²) < 4.78 is 28.4. The third-order valence-corrected chi connectivity index (χ3v) is 9.59. The van der Waals surface area contributed by atoms with Gasteiger partial charge in [-0.25, -0.2) is 13.4 Å². The largest absolute Gasteiger partial charge is 0.325 e. The van der Waals surface area contributed by atoms with Gasteiger partial charge in [-0.3, -0.25) is 14.2 Å². The molecule has 0 aliphatic carbocycles. The van der Waals surface area contributed by atoms with Gasteiger partial charge < -0.3 is 5.32 Å². The summed E-state index contributed by atoms with van der Waals surface area (Å²) in [6.07, 6.45) is 1.73. The molecule has 1 saturated heterocycles. The molecule has 8 nitrogen and oxygen atoms in total. The first-order valence-electron chi connectivity index (χ1n) is 12.1. The van der Waals surface area contributed by atoms with Crippen LogP contribution in [0.4, 0.5) is 5.69 Å². The number of amides is 1. The monoisotopic (exact) mass is 568 g/mol. The van der Waals surface area contributed by atoms with Crippen molar-refractivity contribution in [2.24, 2.45) is 0 Å². The Bertz CT molecular complexity index is 1680. The molecule has 4 aromatic rings. The Morgan fingerprint density at radius 1 is 1.05 bits per heavy atom. The number of thioether (sulfide) groups is 1. The Balaban J connectivity index is 1.36. The number of carbonyl (C=O) groups is 1. The van der Waals surface area contributed by atoms with E-state index in [2.05, 4.69) is 10.3 Å². The smallest absolute Gasteiger partial charge is 0.266 e. The molecular weight excluding hydrogens is 544 g/mol. The van der Waals surface area contributed by atoms with Crippen molar-refractivity contribution in [1.29, 1.82) is 0 Å². The number of hydrogen-bond donors (Lipinski definition) is 1. The van der Waals surface area contributed by atoms with Crippen LogP contribution in [-0.4, -0.2) is 47.0 Å². The SMILES string of the molecule is Cc1ccc(-n2c(SCC(=O)Nc3ccc(S(=O)(=O)N4CCCC4)cc3)nc3ccccc3c2=O)cc1Cl. The maximum atomic E-state index is 13.4. The zero-order chi connectivity index (χ0) is 26.9. The van der Waals surface area contributed by atoms with Crippen LogP contribution >= 0.6 is 23.4 Å². The molecule has 1 aliphatic rings. The number of nitrogens with zero attached hydrogens (tertiary/aromatic N) is 3. The molecule has 38 heavy (non-hydrogen) atoms. The van der Waals surface area contributed by atoms with Gasteiger partial charge in [0, 0.05) is 23.8 Å². The molecular formula is C27H25ClN4O4S2. The van der Waals surface area contributed by atoms with E-state index in [4.69, 9.17) is 11.6 Å². The van der Waals surface area contributed by atoms with Gasteiger partial charge in [0.1, 0.15) is 0 Å². The zero-order valence-corrected chi connectivity index (χ0v) is 22.9. The fourth-order valence-corrected chi connectivity index (χ4v) is 6.78. The van der Waals surface area contributed by atoms with Crippen molar-refractivity contribution >= 4 is 55.9 Å². The highest BCUT2D eigenvalue weighted by atomic mass is 35.5. The van der Waals surface area contributed by atoms with Crippen LogP contribution in [0.5, 0.6) is 0 Å². The molecule has 1 fully saturated rings. The van der Waals surface area contributed by atoms with Crippen molar-refractivity contribution in [2.45, 2.75) is 29.8 Å². The Labute approximate surface area is 229 Å². The summed E-state index contributed by atoms with van der Waals surface area (Å²) in [4.78, 5) is 31.0. The Morgan fingerprint density at radius 3 is 2.47 bits per heavy atom. The van der Waals surface area contributed by atoms with E-state index in [0.29, 0.717) is 45.5 Å². The average molecular weight is 569 g/mol. The maximum Gasteiger partial charge on any atom is 0.266 e. The summed E-state index contributed by atoms with van der Waals surface area (Å²) in [5.74, 6) is -0.334. The number of rotatable bonds is 7. The number of sulfonamides is 1. The number of para-hydroxylation sites is 1. The molecule has 5 rings (SSSR count).